The van der Waals surface area contributed by atoms with E-state index >= 15 is 0 Å². The van der Waals surface area contributed by atoms with Gasteiger partial charge in [-0.3, -0.25) is 9.69 Å². The van der Waals surface area contributed by atoms with Crippen LogP contribution in [0.5, 0.6) is 0 Å². The fourth-order valence-corrected chi connectivity index (χ4v) is 3.86. The number of morpholine rings is 1. The number of para-hydroxylation sites is 1. The van der Waals surface area contributed by atoms with Gasteiger partial charge in [0.05, 0.1) is 18.2 Å². The molecule has 0 aliphatic carbocycles. The highest BCUT2D eigenvalue weighted by molar-refractivity contribution is 5.95. The van der Waals surface area contributed by atoms with E-state index in [1.807, 2.05) is 30.3 Å². The third-order valence-electron chi connectivity index (χ3n) is 5.35. The van der Waals surface area contributed by atoms with Crippen LogP contribution < -0.4 is 5.32 Å². The van der Waals surface area contributed by atoms with Gasteiger partial charge >= 0.3 is 0 Å². The second-order valence-electron chi connectivity index (χ2n) is 7.52. The third kappa shape index (κ3) is 3.39. The molecular formula is C20H25N3O2. The van der Waals surface area contributed by atoms with E-state index in [0.717, 1.165) is 37.0 Å². The Hall–Kier alpha value is -1.98. The molecule has 0 unspecified atom stereocenters. The third-order valence-corrected chi connectivity index (χ3v) is 5.35. The van der Waals surface area contributed by atoms with Gasteiger partial charge in [0, 0.05) is 30.6 Å². The van der Waals surface area contributed by atoms with Gasteiger partial charge in [-0.05, 0) is 24.5 Å². The Morgan fingerprint density at radius 3 is 2.92 bits per heavy atom. The Bertz CT molecular complexity index is 776. The van der Waals surface area contributed by atoms with Crippen LogP contribution in [0, 0.1) is 5.92 Å². The van der Waals surface area contributed by atoms with Crippen molar-refractivity contribution < 1.29 is 9.53 Å². The van der Waals surface area contributed by atoms with Crippen LogP contribution in [0.2, 0.25) is 0 Å². The molecule has 0 saturated carbocycles. The summed E-state index contributed by atoms with van der Waals surface area (Å²) in [6, 6.07) is 12.2. The van der Waals surface area contributed by atoms with E-state index in [2.05, 4.69) is 29.0 Å². The number of fused-ring (bicyclic) bond motifs is 2. The second-order valence-corrected chi connectivity index (χ2v) is 7.52. The number of hydrogen-bond acceptors (Lipinski definition) is 4. The molecule has 2 aliphatic rings. The fourth-order valence-electron chi connectivity index (χ4n) is 3.86. The number of benzene rings is 1. The zero-order valence-corrected chi connectivity index (χ0v) is 14.8. The number of hydrogen-bond donors (Lipinski definition) is 1. The van der Waals surface area contributed by atoms with Gasteiger partial charge in [-0.1, -0.05) is 38.1 Å². The van der Waals surface area contributed by atoms with E-state index in [1.165, 1.54) is 0 Å². The summed E-state index contributed by atoms with van der Waals surface area (Å²) in [5.74, 6) is 0.438. The minimum Gasteiger partial charge on any atom is -0.375 e. The molecule has 5 nitrogen and oxygen atoms in total. The lowest BCUT2D eigenvalue weighted by atomic mass is 10.0. The van der Waals surface area contributed by atoms with Gasteiger partial charge in [-0.15, -0.1) is 0 Å². The molecule has 1 aromatic carbocycles. The zero-order chi connectivity index (χ0) is 17.4. The highest BCUT2D eigenvalue weighted by atomic mass is 16.5. The van der Waals surface area contributed by atoms with Gasteiger partial charge in [-0.2, -0.15) is 0 Å². The lowest BCUT2D eigenvalue weighted by Gasteiger charge is -2.36. The molecule has 25 heavy (non-hydrogen) atoms. The maximum atomic E-state index is 12.6. The normalized spacial score (nSPS) is 26.8. The molecule has 5 heteroatoms. The van der Waals surface area contributed by atoms with Crippen LogP contribution in [0.25, 0.3) is 10.9 Å². The molecule has 2 saturated heterocycles. The smallest absolute Gasteiger partial charge is 0.270 e. The van der Waals surface area contributed by atoms with E-state index in [1.54, 1.807) is 6.07 Å². The van der Waals surface area contributed by atoms with Gasteiger partial charge in [0.15, 0.2) is 0 Å². The molecule has 0 radical (unpaired) electrons. The average Bonchev–Trinajstić information content (AvgIpc) is 3.02. The topological polar surface area (TPSA) is 54.5 Å². The van der Waals surface area contributed by atoms with E-state index in [0.29, 0.717) is 23.8 Å². The van der Waals surface area contributed by atoms with E-state index in [-0.39, 0.29) is 11.9 Å². The SMILES string of the molecule is CC(C)[C@H]1CN2C[C@@H](NC(=O)c3ccc4ccccc4n3)C[C@H]2CO1. The first kappa shape index (κ1) is 16.5. The van der Waals surface area contributed by atoms with Crippen molar-refractivity contribution in [2.24, 2.45) is 5.92 Å². The monoisotopic (exact) mass is 339 g/mol. The van der Waals surface area contributed by atoms with Gasteiger partial charge in [0.1, 0.15) is 5.69 Å². The summed E-state index contributed by atoms with van der Waals surface area (Å²) >= 11 is 0. The number of aromatic nitrogens is 1. The van der Waals surface area contributed by atoms with Gasteiger partial charge < -0.3 is 10.1 Å². The number of carbonyl (C=O) groups is 1. The largest absolute Gasteiger partial charge is 0.375 e. The summed E-state index contributed by atoms with van der Waals surface area (Å²) in [7, 11) is 0. The number of ether oxygens (including phenoxy) is 1. The molecule has 2 aromatic rings. The minimum absolute atomic E-state index is 0.0862. The number of nitrogens with zero attached hydrogens (tertiary/aromatic N) is 2. The van der Waals surface area contributed by atoms with Crippen molar-refractivity contribution in [2.45, 2.75) is 38.5 Å². The van der Waals surface area contributed by atoms with Crippen LogP contribution in [-0.2, 0) is 4.74 Å². The molecule has 0 spiro atoms. The Labute approximate surface area is 148 Å². The maximum absolute atomic E-state index is 12.6. The number of nitrogens with one attached hydrogen (secondary N) is 1. The van der Waals surface area contributed by atoms with Crippen LogP contribution in [0.3, 0.4) is 0 Å². The Morgan fingerprint density at radius 1 is 1.24 bits per heavy atom. The van der Waals surface area contributed by atoms with Gasteiger partial charge in [0.2, 0.25) is 0 Å². The molecule has 2 aliphatic heterocycles. The van der Waals surface area contributed by atoms with Crippen LogP contribution in [-0.4, -0.2) is 53.7 Å². The van der Waals surface area contributed by atoms with Crippen molar-refractivity contribution in [3.05, 3.63) is 42.1 Å². The van der Waals surface area contributed by atoms with Crippen molar-refractivity contribution in [1.82, 2.24) is 15.2 Å². The van der Waals surface area contributed by atoms with Gasteiger partial charge in [0.25, 0.3) is 5.91 Å². The first-order valence-corrected chi connectivity index (χ1v) is 9.12. The van der Waals surface area contributed by atoms with Crippen molar-refractivity contribution >= 4 is 16.8 Å². The maximum Gasteiger partial charge on any atom is 0.270 e. The molecule has 1 N–H and O–H groups in total. The van der Waals surface area contributed by atoms with Crippen molar-refractivity contribution in [3.63, 3.8) is 0 Å². The summed E-state index contributed by atoms with van der Waals surface area (Å²) < 4.78 is 5.97. The zero-order valence-electron chi connectivity index (χ0n) is 14.8. The Morgan fingerprint density at radius 2 is 2.08 bits per heavy atom. The van der Waals surface area contributed by atoms with Crippen LogP contribution in [0.1, 0.15) is 30.8 Å². The lowest BCUT2D eigenvalue weighted by molar-refractivity contribution is -0.0683. The highest BCUT2D eigenvalue weighted by Gasteiger charge is 2.38. The highest BCUT2D eigenvalue weighted by Crippen LogP contribution is 2.26. The average molecular weight is 339 g/mol. The Kier molecular flexibility index (Phi) is 4.44. The molecule has 3 atom stereocenters. The molecule has 4 rings (SSSR count). The molecule has 2 fully saturated rings. The van der Waals surface area contributed by atoms with Gasteiger partial charge in [-0.25, -0.2) is 4.98 Å². The van der Waals surface area contributed by atoms with E-state index in [9.17, 15) is 4.79 Å². The van der Waals surface area contributed by atoms with E-state index in [4.69, 9.17) is 4.74 Å². The first-order chi connectivity index (χ1) is 12.1. The summed E-state index contributed by atoms with van der Waals surface area (Å²) in [5, 5.41) is 4.21. The number of rotatable bonds is 3. The minimum atomic E-state index is -0.0862. The standard InChI is InChI=1S/C20H25N3O2/c1-13(2)19-11-23-10-15(9-16(23)12-25-19)21-20(24)18-8-7-14-5-3-4-6-17(14)22-18/h3-8,13,15-16,19H,9-12H2,1-2H3,(H,21,24)/t15-,16-,19+/m0/s1. The molecule has 3 heterocycles. The fraction of sp³-hybridized carbons (Fsp3) is 0.500. The summed E-state index contributed by atoms with van der Waals surface area (Å²) in [4.78, 5) is 19.6. The number of amides is 1. The van der Waals surface area contributed by atoms with Crippen LogP contribution >= 0.6 is 0 Å². The number of carbonyl (C=O) groups excluding carboxylic acids is 1. The summed E-state index contributed by atoms with van der Waals surface area (Å²) in [5.41, 5.74) is 1.34. The Balaban J connectivity index is 1.41. The second kappa shape index (κ2) is 6.73. The summed E-state index contributed by atoms with van der Waals surface area (Å²) in [6.07, 6.45) is 1.25. The molecule has 1 aromatic heterocycles. The molecule has 0 bridgehead atoms. The van der Waals surface area contributed by atoms with Crippen molar-refractivity contribution in [2.75, 3.05) is 19.7 Å². The van der Waals surface area contributed by atoms with Crippen molar-refractivity contribution in [3.8, 4) is 0 Å². The van der Waals surface area contributed by atoms with Crippen LogP contribution in [0.4, 0.5) is 0 Å². The van der Waals surface area contributed by atoms with E-state index < -0.39 is 0 Å². The molecule has 132 valence electrons. The lowest BCUT2D eigenvalue weighted by Crippen LogP contribution is -2.48. The van der Waals surface area contributed by atoms with Crippen LogP contribution in [0.15, 0.2) is 36.4 Å². The summed E-state index contributed by atoms with van der Waals surface area (Å²) in [6.45, 7) is 7.03. The number of pyridine rings is 1. The molecular weight excluding hydrogens is 314 g/mol. The quantitative estimate of drug-likeness (QED) is 0.933. The predicted molar refractivity (Wildman–Crippen MR) is 97.6 cm³/mol. The predicted octanol–water partition coefficient (Wildman–Crippen LogP) is 2.46. The first-order valence-electron chi connectivity index (χ1n) is 9.12. The van der Waals surface area contributed by atoms with Crippen molar-refractivity contribution in [1.29, 1.82) is 0 Å². The molecule has 1 amide bonds.